The first-order valence-electron chi connectivity index (χ1n) is 8.85. The van der Waals surface area contributed by atoms with Crippen LogP contribution in [-0.2, 0) is 4.79 Å². The van der Waals surface area contributed by atoms with E-state index in [0.29, 0.717) is 5.75 Å². The first-order valence-corrected chi connectivity index (χ1v) is 9.90. The molecule has 0 aromatic heterocycles. The SMILES string of the molecule is CC(C)(C)Oc1ccc(C2SCC(=O)N2CCN2CCCC2)cc1. The van der Waals surface area contributed by atoms with Crippen molar-refractivity contribution in [2.45, 2.75) is 44.6 Å². The smallest absolute Gasteiger partial charge is 0.233 e. The summed E-state index contributed by atoms with van der Waals surface area (Å²) in [5.41, 5.74) is 0.995. The van der Waals surface area contributed by atoms with Gasteiger partial charge in [-0.3, -0.25) is 4.79 Å². The predicted octanol–water partition coefficient (Wildman–Crippen LogP) is 3.53. The van der Waals surface area contributed by atoms with E-state index in [1.165, 1.54) is 31.5 Å². The van der Waals surface area contributed by atoms with E-state index in [-0.39, 0.29) is 16.9 Å². The Morgan fingerprint density at radius 1 is 1.12 bits per heavy atom. The molecule has 2 aliphatic rings. The van der Waals surface area contributed by atoms with Crippen LogP contribution in [0.3, 0.4) is 0 Å². The van der Waals surface area contributed by atoms with E-state index in [0.717, 1.165) is 18.8 Å². The first kappa shape index (κ1) is 17.6. The van der Waals surface area contributed by atoms with E-state index >= 15 is 0 Å². The van der Waals surface area contributed by atoms with Gasteiger partial charge in [0, 0.05) is 13.1 Å². The summed E-state index contributed by atoms with van der Waals surface area (Å²) in [5.74, 6) is 1.73. The molecule has 0 aliphatic carbocycles. The lowest BCUT2D eigenvalue weighted by atomic mass is 10.1. The maximum absolute atomic E-state index is 12.3. The molecule has 1 unspecified atom stereocenters. The molecule has 2 fully saturated rings. The molecule has 0 saturated carbocycles. The molecule has 2 aliphatic heterocycles. The Morgan fingerprint density at radius 3 is 2.42 bits per heavy atom. The van der Waals surface area contributed by atoms with Crippen LogP contribution in [0.15, 0.2) is 24.3 Å². The Hall–Kier alpha value is -1.20. The van der Waals surface area contributed by atoms with E-state index in [2.05, 4.69) is 17.0 Å². The van der Waals surface area contributed by atoms with Crippen molar-refractivity contribution in [1.82, 2.24) is 9.80 Å². The van der Waals surface area contributed by atoms with E-state index < -0.39 is 0 Å². The summed E-state index contributed by atoms with van der Waals surface area (Å²) >= 11 is 1.73. The molecule has 1 aromatic carbocycles. The van der Waals surface area contributed by atoms with Gasteiger partial charge in [-0.2, -0.15) is 0 Å². The molecule has 5 heteroatoms. The lowest BCUT2D eigenvalue weighted by Gasteiger charge is -2.27. The summed E-state index contributed by atoms with van der Waals surface area (Å²) < 4.78 is 5.89. The highest BCUT2D eigenvalue weighted by Crippen LogP contribution is 2.39. The van der Waals surface area contributed by atoms with Gasteiger partial charge in [-0.1, -0.05) is 12.1 Å². The van der Waals surface area contributed by atoms with Gasteiger partial charge >= 0.3 is 0 Å². The van der Waals surface area contributed by atoms with Crippen LogP contribution in [0.1, 0.15) is 44.6 Å². The Morgan fingerprint density at radius 2 is 1.79 bits per heavy atom. The Labute approximate surface area is 149 Å². The van der Waals surface area contributed by atoms with Gasteiger partial charge < -0.3 is 14.5 Å². The van der Waals surface area contributed by atoms with Crippen molar-refractivity contribution in [1.29, 1.82) is 0 Å². The zero-order valence-electron chi connectivity index (χ0n) is 15.0. The number of thioether (sulfide) groups is 1. The summed E-state index contributed by atoms with van der Waals surface area (Å²) in [6.07, 6.45) is 2.59. The molecule has 2 saturated heterocycles. The molecule has 3 rings (SSSR count). The molecule has 0 radical (unpaired) electrons. The van der Waals surface area contributed by atoms with Crippen molar-refractivity contribution in [3.63, 3.8) is 0 Å². The number of hydrogen-bond acceptors (Lipinski definition) is 4. The quantitative estimate of drug-likeness (QED) is 0.815. The van der Waals surface area contributed by atoms with Crippen molar-refractivity contribution in [3.8, 4) is 5.75 Å². The first-order chi connectivity index (χ1) is 11.4. The molecule has 1 amide bonds. The van der Waals surface area contributed by atoms with E-state index in [1.54, 1.807) is 11.8 Å². The third-order valence-electron chi connectivity index (χ3n) is 4.41. The third kappa shape index (κ3) is 4.45. The number of amides is 1. The summed E-state index contributed by atoms with van der Waals surface area (Å²) in [5, 5.41) is 0.142. The molecule has 0 N–H and O–H groups in total. The van der Waals surface area contributed by atoms with Gasteiger partial charge in [-0.05, 0) is 64.4 Å². The predicted molar refractivity (Wildman–Crippen MR) is 99.4 cm³/mol. The van der Waals surface area contributed by atoms with Crippen molar-refractivity contribution in [2.75, 3.05) is 31.9 Å². The van der Waals surface area contributed by atoms with Crippen molar-refractivity contribution >= 4 is 17.7 Å². The highest BCUT2D eigenvalue weighted by molar-refractivity contribution is 8.00. The summed E-state index contributed by atoms with van der Waals surface area (Å²) in [7, 11) is 0. The monoisotopic (exact) mass is 348 g/mol. The highest BCUT2D eigenvalue weighted by atomic mass is 32.2. The highest BCUT2D eigenvalue weighted by Gasteiger charge is 2.33. The molecule has 2 heterocycles. The molecule has 0 bridgehead atoms. The number of carbonyl (C=O) groups is 1. The minimum atomic E-state index is -0.193. The second-order valence-corrected chi connectivity index (χ2v) is 8.65. The average molecular weight is 349 g/mol. The van der Waals surface area contributed by atoms with Gasteiger partial charge in [0.2, 0.25) is 5.91 Å². The lowest BCUT2D eigenvalue weighted by molar-refractivity contribution is -0.128. The maximum atomic E-state index is 12.3. The summed E-state index contributed by atoms with van der Waals surface area (Å²) in [6, 6.07) is 8.23. The normalized spacial score (nSPS) is 22.4. The zero-order chi connectivity index (χ0) is 17.2. The number of ether oxygens (including phenoxy) is 1. The van der Waals surface area contributed by atoms with Gasteiger partial charge in [0.25, 0.3) is 0 Å². The Balaban J connectivity index is 1.64. The summed E-state index contributed by atoms with van der Waals surface area (Å²) in [4.78, 5) is 16.8. The minimum Gasteiger partial charge on any atom is -0.488 e. The van der Waals surface area contributed by atoms with Crippen LogP contribution < -0.4 is 4.74 Å². The Bertz CT molecular complexity index is 562. The fourth-order valence-corrected chi connectivity index (χ4v) is 4.50. The fraction of sp³-hybridized carbons (Fsp3) is 0.632. The van der Waals surface area contributed by atoms with Gasteiger partial charge in [0.1, 0.15) is 16.7 Å². The average Bonchev–Trinajstić information content (AvgIpc) is 3.14. The van der Waals surface area contributed by atoms with Gasteiger partial charge in [0.15, 0.2) is 0 Å². The molecule has 132 valence electrons. The zero-order valence-corrected chi connectivity index (χ0v) is 15.8. The van der Waals surface area contributed by atoms with Crippen LogP contribution in [-0.4, -0.2) is 53.2 Å². The van der Waals surface area contributed by atoms with Crippen LogP contribution in [0.25, 0.3) is 0 Å². The molecule has 0 spiro atoms. The standard InChI is InChI=1S/C19H28N2O2S/c1-19(2,3)23-16-8-6-15(7-9-16)18-21(17(22)14-24-18)13-12-20-10-4-5-11-20/h6-9,18H,4-5,10-14H2,1-3H3. The van der Waals surface area contributed by atoms with Gasteiger partial charge in [-0.25, -0.2) is 0 Å². The van der Waals surface area contributed by atoms with Gasteiger partial charge in [0.05, 0.1) is 5.75 Å². The van der Waals surface area contributed by atoms with Gasteiger partial charge in [-0.15, -0.1) is 11.8 Å². The van der Waals surface area contributed by atoms with Crippen molar-refractivity contribution in [2.24, 2.45) is 0 Å². The van der Waals surface area contributed by atoms with E-state index in [9.17, 15) is 4.79 Å². The van der Waals surface area contributed by atoms with E-state index in [4.69, 9.17) is 4.74 Å². The Kier molecular flexibility index (Phi) is 5.40. The number of rotatable bonds is 5. The number of carbonyl (C=O) groups excluding carboxylic acids is 1. The number of nitrogens with zero attached hydrogens (tertiary/aromatic N) is 2. The van der Waals surface area contributed by atoms with Crippen LogP contribution in [0.2, 0.25) is 0 Å². The van der Waals surface area contributed by atoms with E-state index in [1.807, 2.05) is 37.8 Å². The van der Waals surface area contributed by atoms with Crippen molar-refractivity contribution in [3.05, 3.63) is 29.8 Å². The molecule has 1 aromatic rings. The second kappa shape index (κ2) is 7.36. The molecular weight excluding hydrogens is 320 g/mol. The largest absolute Gasteiger partial charge is 0.488 e. The molecular formula is C19H28N2O2S. The maximum Gasteiger partial charge on any atom is 0.233 e. The summed E-state index contributed by atoms with van der Waals surface area (Å²) in [6.45, 7) is 10.3. The molecule has 24 heavy (non-hydrogen) atoms. The number of benzene rings is 1. The van der Waals surface area contributed by atoms with Crippen LogP contribution in [0.5, 0.6) is 5.75 Å². The molecule has 4 nitrogen and oxygen atoms in total. The van der Waals surface area contributed by atoms with Crippen LogP contribution in [0.4, 0.5) is 0 Å². The van der Waals surface area contributed by atoms with Crippen LogP contribution in [0, 0.1) is 0 Å². The van der Waals surface area contributed by atoms with Crippen molar-refractivity contribution < 1.29 is 9.53 Å². The van der Waals surface area contributed by atoms with Crippen LogP contribution >= 0.6 is 11.8 Å². The minimum absolute atomic E-state index is 0.142. The topological polar surface area (TPSA) is 32.8 Å². The lowest BCUT2D eigenvalue weighted by Crippen LogP contribution is -2.36. The number of hydrogen-bond donors (Lipinski definition) is 0. The molecule has 1 atom stereocenters. The number of likely N-dealkylation sites (tertiary alicyclic amines) is 1. The second-order valence-electron chi connectivity index (χ2n) is 7.58. The fourth-order valence-electron chi connectivity index (χ4n) is 3.28. The third-order valence-corrected chi connectivity index (χ3v) is 5.67.